The fraction of sp³-hybridized carbons (Fsp3) is 0.675. The van der Waals surface area contributed by atoms with Crippen molar-refractivity contribution in [1.82, 2.24) is 0 Å². The van der Waals surface area contributed by atoms with E-state index in [1.54, 1.807) is 0 Å². The smallest absolute Gasteiger partial charge is 0.306 e. The van der Waals surface area contributed by atoms with Gasteiger partial charge in [-0.15, -0.1) is 0 Å². The topological polar surface area (TPSA) is 111 Å². The molecule has 0 saturated heterocycles. The van der Waals surface area contributed by atoms with Gasteiger partial charge < -0.3 is 27.9 Å². The number of likely N-dealkylation sites (N-methyl/N-ethyl adjacent to an activating group) is 1. The van der Waals surface area contributed by atoms with E-state index in [2.05, 4.69) is 160 Å². The van der Waals surface area contributed by atoms with Crippen LogP contribution in [0.4, 0.5) is 0 Å². The van der Waals surface area contributed by atoms with Crippen LogP contribution in [0.25, 0.3) is 0 Å². The van der Waals surface area contributed by atoms with E-state index in [-0.39, 0.29) is 32.0 Å². The highest BCUT2D eigenvalue weighted by molar-refractivity contribution is 7.45. The molecule has 2 atom stereocenters. The second kappa shape index (κ2) is 69.2. The van der Waals surface area contributed by atoms with Gasteiger partial charge in [0, 0.05) is 12.8 Å². The Morgan fingerprint density at radius 1 is 0.344 bits per heavy atom. The Morgan fingerprint density at radius 3 is 0.889 bits per heavy atom. The molecule has 0 fully saturated rings. The largest absolute Gasteiger partial charge is 0.756 e. The molecule has 90 heavy (non-hydrogen) atoms. The van der Waals surface area contributed by atoms with Crippen molar-refractivity contribution >= 4 is 19.8 Å². The standard InChI is InChI=1S/C80H136NO8P/c1-6-8-10-12-14-16-18-20-22-24-26-28-30-32-34-36-37-38-39-40-41-42-43-45-47-49-51-53-55-57-59-61-63-65-67-69-71-73-80(83)89-78(77-88-90(84,85)87-75-74-81(3,4)5)76-86-79(82)72-70-68-66-64-62-60-58-56-54-52-50-48-46-44-35-33-31-29-27-25-23-21-19-17-15-13-11-9-7-2/h8-11,14-17,20-23,26-29,32-35,37-38,40-41,78H,6-7,12-13,18-19,24-25,30-31,36,39,42-77H2,1-5H3/b10-8-,11-9-,16-14-,17-15-,22-20-,23-21-,28-26-,29-27-,34-32-,35-33-,38-37-,41-40-. The summed E-state index contributed by atoms with van der Waals surface area (Å²) in [7, 11) is 1.16. The van der Waals surface area contributed by atoms with E-state index in [9.17, 15) is 19.0 Å². The number of rotatable bonds is 66. The first kappa shape index (κ1) is 85.9. The van der Waals surface area contributed by atoms with Gasteiger partial charge in [0.2, 0.25) is 0 Å². The molecule has 0 aliphatic rings. The predicted octanol–water partition coefficient (Wildman–Crippen LogP) is 23.5. The van der Waals surface area contributed by atoms with Crippen molar-refractivity contribution < 1.29 is 42.1 Å². The Bertz CT molecular complexity index is 2030. The average molecular weight is 1270 g/mol. The van der Waals surface area contributed by atoms with Crippen LogP contribution in [-0.4, -0.2) is 70.0 Å². The minimum absolute atomic E-state index is 0.0360. The summed E-state index contributed by atoms with van der Waals surface area (Å²) in [4.78, 5) is 38.1. The molecule has 0 aliphatic carbocycles. The molecule has 514 valence electrons. The van der Waals surface area contributed by atoms with E-state index in [1.807, 2.05) is 21.1 Å². The maximum atomic E-state index is 12.9. The van der Waals surface area contributed by atoms with Crippen LogP contribution in [0.2, 0.25) is 0 Å². The fourth-order valence-electron chi connectivity index (χ4n) is 9.84. The van der Waals surface area contributed by atoms with E-state index in [0.717, 1.165) is 116 Å². The molecule has 0 radical (unpaired) electrons. The summed E-state index contributed by atoms with van der Waals surface area (Å²) in [6.07, 6.45) is 102. The lowest BCUT2D eigenvalue weighted by atomic mass is 10.0. The lowest BCUT2D eigenvalue weighted by molar-refractivity contribution is -0.870. The number of nitrogens with zero attached hydrogens (tertiary/aromatic N) is 1. The van der Waals surface area contributed by atoms with Crippen molar-refractivity contribution in [2.45, 2.75) is 302 Å². The third-order valence-corrected chi connectivity index (χ3v) is 16.3. The molecule has 0 rings (SSSR count). The Morgan fingerprint density at radius 2 is 0.600 bits per heavy atom. The maximum absolute atomic E-state index is 12.9. The first-order valence-corrected chi connectivity index (χ1v) is 38.0. The number of carbonyl (C=O) groups excluding carboxylic acids is 2. The number of phosphoric acid groups is 1. The highest BCUT2D eigenvalue weighted by Gasteiger charge is 2.22. The van der Waals surface area contributed by atoms with E-state index in [1.165, 1.54) is 148 Å². The molecule has 0 aromatic heterocycles. The fourth-order valence-corrected chi connectivity index (χ4v) is 10.6. The van der Waals surface area contributed by atoms with Crippen molar-refractivity contribution in [1.29, 1.82) is 0 Å². The Kier molecular flexibility index (Phi) is 66.1. The summed E-state index contributed by atoms with van der Waals surface area (Å²) in [5.74, 6) is -0.834. The molecule has 0 spiro atoms. The Hall–Kier alpha value is -4.11. The van der Waals surface area contributed by atoms with Crippen LogP contribution in [0.15, 0.2) is 146 Å². The van der Waals surface area contributed by atoms with Crippen molar-refractivity contribution in [3.8, 4) is 0 Å². The van der Waals surface area contributed by atoms with Crippen LogP contribution in [-0.2, 0) is 32.7 Å². The quantitative estimate of drug-likeness (QED) is 0.0195. The van der Waals surface area contributed by atoms with Gasteiger partial charge in [0.25, 0.3) is 7.82 Å². The molecule has 0 aromatic carbocycles. The van der Waals surface area contributed by atoms with E-state index in [0.29, 0.717) is 17.4 Å². The van der Waals surface area contributed by atoms with Crippen LogP contribution in [0.3, 0.4) is 0 Å². The first-order valence-electron chi connectivity index (χ1n) is 36.5. The molecule has 0 saturated carbocycles. The summed E-state index contributed by atoms with van der Waals surface area (Å²) in [5, 5.41) is 0. The summed E-state index contributed by atoms with van der Waals surface area (Å²) in [6.45, 7) is 4.02. The molecule has 0 amide bonds. The van der Waals surface area contributed by atoms with Gasteiger partial charge in [-0.1, -0.05) is 314 Å². The van der Waals surface area contributed by atoms with E-state index >= 15 is 0 Å². The molecule has 0 aliphatic heterocycles. The number of ether oxygens (including phenoxy) is 2. The monoisotopic (exact) mass is 1270 g/mol. The maximum Gasteiger partial charge on any atom is 0.306 e. The van der Waals surface area contributed by atoms with Crippen LogP contribution in [0.5, 0.6) is 0 Å². The summed E-state index contributed by atoms with van der Waals surface area (Å²) < 4.78 is 34.4. The predicted molar refractivity (Wildman–Crippen MR) is 387 cm³/mol. The number of allylic oxidation sites excluding steroid dienone is 24. The number of unbranched alkanes of at least 4 members (excludes halogenated alkanes) is 28. The molecule has 0 heterocycles. The third kappa shape index (κ3) is 72.9. The highest BCUT2D eigenvalue weighted by atomic mass is 31.2. The SMILES string of the molecule is CC/C=C\C/C=C\C/C=C\C/C=C\C/C=C\C/C=C\C/C=C\CCCCCCCCCCCCCCCCCC(=O)OC(COC(=O)CCCCCCCCCCCCCCC/C=C\C/C=C\C/C=C\C/C=C\C/C=C\CC)COP(=O)([O-])OCC[N+](C)(C)C. The van der Waals surface area contributed by atoms with Gasteiger partial charge in [-0.3, -0.25) is 14.2 Å². The van der Waals surface area contributed by atoms with Gasteiger partial charge in [0.05, 0.1) is 27.7 Å². The molecular formula is C80H136NO8P. The zero-order valence-electron chi connectivity index (χ0n) is 58.5. The molecular weight excluding hydrogens is 1130 g/mol. The second-order valence-corrected chi connectivity index (χ2v) is 26.6. The summed E-state index contributed by atoms with van der Waals surface area (Å²) in [5.41, 5.74) is 0. The zero-order chi connectivity index (χ0) is 65.5. The highest BCUT2D eigenvalue weighted by Crippen LogP contribution is 2.38. The van der Waals surface area contributed by atoms with Crippen molar-refractivity contribution in [2.24, 2.45) is 0 Å². The van der Waals surface area contributed by atoms with Crippen LogP contribution < -0.4 is 4.89 Å². The Labute approximate surface area is 554 Å². The average Bonchev–Trinajstić information content (AvgIpc) is 3.58. The van der Waals surface area contributed by atoms with Crippen LogP contribution in [0, 0.1) is 0 Å². The van der Waals surface area contributed by atoms with E-state index < -0.39 is 26.5 Å². The number of hydrogen-bond acceptors (Lipinski definition) is 8. The van der Waals surface area contributed by atoms with Gasteiger partial charge in [0.1, 0.15) is 19.8 Å². The molecule has 0 aromatic rings. The molecule has 10 heteroatoms. The Balaban J connectivity index is 4.04. The van der Waals surface area contributed by atoms with Gasteiger partial charge in [-0.25, -0.2) is 0 Å². The zero-order valence-corrected chi connectivity index (χ0v) is 59.4. The number of hydrogen-bond donors (Lipinski definition) is 0. The number of esters is 2. The van der Waals surface area contributed by atoms with Gasteiger partial charge in [-0.2, -0.15) is 0 Å². The van der Waals surface area contributed by atoms with E-state index in [4.69, 9.17) is 18.5 Å². The molecule has 2 unspecified atom stereocenters. The van der Waals surface area contributed by atoms with Gasteiger partial charge >= 0.3 is 11.9 Å². The minimum Gasteiger partial charge on any atom is -0.756 e. The molecule has 0 bridgehead atoms. The van der Waals surface area contributed by atoms with Crippen molar-refractivity contribution in [3.63, 3.8) is 0 Å². The number of quaternary nitrogens is 1. The number of carbonyl (C=O) groups is 2. The lowest BCUT2D eigenvalue weighted by Crippen LogP contribution is -2.37. The number of phosphoric ester groups is 1. The molecule has 0 N–H and O–H groups in total. The summed E-state index contributed by atoms with van der Waals surface area (Å²) >= 11 is 0. The van der Waals surface area contributed by atoms with Crippen LogP contribution in [0.1, 0.15) is 296 Å². The van der Waals surface area contributed by atoms with Crippen molar-refractivity contribution in [3.05, 3.63) is 146 Å². The lowest BCUT2D eigenvalue weighted by Gasteiger charge is -2.28. The van der Waals surface area contributed by atoms with Crippen LogP contribution >= 0.6 is 7.82 Å². The summed E-state index contributed by atoms with van der Waals surface area (Å²) in [6, 6.07) is 0. The minimum atomic E-state index is -4.65. The third-order valence-electron chi connectivity index (χ3n) is 15.4. The molecule has 9 nitrogen and oxygen atoms in total. The normalized spacial score (nSPS) is 14.0. The first-order chi connectivity index (χ1) is 44.0. The van der Waals surface area contributed by atoms with Gasteiger partial charge in [-0.05, 0) is 116 Å². The van der Waals surface area contributed by atoms with Gasteiger partial charge in [0.15, 0.2) is 6.10 Å². The van der Waals surface area contributed by atoms with Crippen molar-refractivity contribution in [2.75, 3.05) is 47.5 Å². The second-order valence-electron chi connectivity index (χ2n) is 25.2.